The fourth-order valence-electron chi connectivity index (χ4n) is 3.38. The van der Waals surface area contributed by atoms with Crippen LogP contribution in [0.4, 0.5) is 13.2 Å². The van der Waals surface area contributed by atoms with Gasteiger partial charge in [0.25, 0.3) is 0 Å². The number of benzene rings is 1. The van der Waals surface area contributed by atoms with E-state index in [1.54, 1.807) is 0 Å². The van der Waals surface area contributed by atoms with Crippen LogP contribution in [-0.2, 0) is 19.4 Å². The second-order valence-electron chi connectivity index (χ2n) is 6.87. The second kappa shape index (κ2) is 6.77. The summed E-state index contributed by atoms with van der Waals surface area (Å²) in [6, 6.07) is 1.93. The third-order valence-electron chi connectivity index (χ3n) is 5.15. The Balaban J connectivity index is 1.94. The molecule has 2 atom stereocenters. The lowest BCUT2D eigenvalue weighted by molar-refractivity contribution is -0.199. The summed E-state index contributed by atoms with van der Waals surface area (Å²) in [7, 11) is -4.21. The Morgan fingerprint density at radius 2 is 1.82 bits per heavy atom. The smallest absolute Gasteiger partial charge is 0.403 e. The van der Waals surface area contributed by atoms with Gasteiger partial charge >= 0.3 is 12.1 Å². The average Bonchev–Trinajstić information content (AvgIpc) is 3.25. The van der Waals surface area contributed by atoms with Crippen LogP contribution in [0.25, 0.3) is 0 Å². The van der Waals surface area contributed by atoms with Gasteiger partial charge in [0.2, 0.25) is 5.91 Å². The van der Waals surface area contributed by atoms with E-state index in [1.165, 1.54) is 12.1 Å². The minimum atomic E-state index is -4.83. The average molecular weight is 460 g/mol. The number of carboxylic acids is 1. The molecule has 0 bridgehead atoms. The van der Waals surface area contributed by atoms with Crippen LogP contribution < -0.4 is 0 Å². The third-order valence-corrected chi connectivity index (χ3v) is 8.00. The highest BCUT2D eigenvalue weighted by molar-refractivity contribution is 7.92. The van der Waals surface area contributed by atoms with Gasteiger partial charge in [0.15, 0.2) is 9.84 Å². The molecule has 1 saturated carbocycles. The predicted molar refractivity (Wildman–Crippen MR) is 92.9 cm³/mol. The Kier molecular flexibility index (Phi) is 5.13. The molecule has 3 rings (SSSR count). The summed E-state index contributed by atoms with van der Waals surface area (Å²) in [5.74, 6) is -2.96. The molecule has 2 aliphatic rings. The summed E-state index contributed by atoms with van der Waals surface area (Å²) in [6.45, 7) is -0.658. The first kappa shape index (κ1) is 21.2. The standard InChI is InChI=1S/C16H14Cl2F3NO5S/c17-8-1-2-12(10(18)5-8)28(26,27)9-6-11(13(23)24)22(7-9)14(25)15(3-4-15)16(19,20)21/h1-2,5,9,11H,3-4,6-7H2,(H,23,24)/t9-,11+/m1/s1. The van der Waals surface area contributed by atoms with E-state index in [0.717, 1.165) is 6.07 Å². The van der Waals surface area contributed by atoms with Gasteiger partial charge in [-0.1, -0.05) is 23.2 Å². The minimum Gasteiger partial charge on any atom is -0.480 e. The number of likely N-dealkylation sites (tertiary alicyclic amines) is 1. The first-order valence-corrected chi connectivity index (χ1v) is 10.4. The molecule has 1 N–H and O–H groups in total. The molecule has 1 saturated heterocycles. The molecule has 1 aromatic rings. The first-order valence-electron chi connectivity index (χ1n) is 8.11. The molecule has 12 heteroatoms. The third kappa shape index (κ3) is 3.35. The summed E-state index contributed by atoms with van der Waals surface area (Å²) in [6.07, 6.45) is -6.25. The van der Waals surface area contributed by atoms with Crippen molar-refractivity contribution in [3.63, 3.8) is 0 Å². The number of carbonyl (C=O) groups excluding carboxylic acids is 1. The molecule has 0 spiro atoms. The monoisotopic (exact) mass is 459 g/mol. The molecule has 0 radical (unpaired) electrons. The number of amides is 1. The van der Waals surface area contributed by atoms with Gasteiger partial charge < -0.3 is 10.0 Å². The normalized spacial score (nSPS) is 24.2. The lowest BCUT2D eigenvalue weighted by Gasteiger charge is -2.28. The summed E-state index contributed by atoms with van der Waals surface area (Å²) < 4.78 is 65.6. The number of nitrogens with zero attached hydrogens (tertiary/aromatic N) is 1. The van der Waals surface area contributed by atoms with Gasteiger partial charge in [-0.25, -0.2) is 13.2 Å². The molecular formula is C16H14Cl2F3NO5S. The number of carboxylic acid groups (broad SMARTS) is 1. The fourth-order valence-corrected chi connectivity index (χ4v) is 5.86. The largest absolute Gasteiger partial charge is 0.480 e. The highest BCUT2D eigenvalue weighted by Crippen LogP contribution is 2.59. The Bertz CT molecular complexity index is 946. The number of carbonyl (C=O) groups is 2. The topological polar surface area (TPSA) is 91.8 Å². The Hall–Kier alpha value is -1.52. The van der Waals surface area contributed by atoms with Crippen molar-refractivity contribution in [1.29, 1.82) is 0 Å². The van der Waals surface area contributed by atoms with Crippen molar-refractivity contribution in [2.45, 2.75) is 41.6 Å². The van der Waals surface area contributed by atoms with E-state index in [1.807, 2.05) is 0 Å². The molecule has 0 aromatic heterocycles. The van der Waals surface area contributed by atoms with Crippen LogP contribution in [0.3, 0.4) is 0 Å². The van der Waals surface area contributed by atoms with Crippen molar-refractivity contribution in [3.05, 3.63) is 28.2 Å². The van der Waals surface area contributed by atoms with E-state index in [4.69, 9.17) is 23.2 Å². The Labute approximate surface area is 168 Å². The van der Waals surface area contributed by atoms with Gasteiger partial charge in [0.1, 0.15) is 11.5 Å². The number of hydrogen-bond acceptors (Lipinski definition) is 4. The van der Waals surface area contributed by atoms with E-state index in [2.05, 4.69) is 0 Å². The number of alkyl halides is 3. The molecular weight excluding hydrogens is 446 g/mol. The maximum absolute atomic E-state index is 13.3. The molecule has 1 aliphatic carbocycles. The molecule has 1 amide bonds. The van der Waals surface area contributed by atoms with Crippen LogP contribution in [0.15, 0.2) is 23.1 Å². The number of halogens is 5. The molecule has 1 aromatic carbocycles. The van der Waals surface area contributed by atoms with Crippen LogP contribution in [0, 0.1) is 5.41 Å². The lowest BCUT2D eigenvalue weighted by Crippen LogP contribution is -2.48. The molecule has 0 unspecified atom stereocenters. The summed E-state index contributed by atoms with van der Waals surface area (Å²) in [4.78, 5) is 24.2. The Morgan fingerprint density at radius 3 is 2.29 bits per heavy atom. The molecule has 2 fully saturated rings. The van der Waals surface area contributed by atoms with E-state index in [0.29, 0.717) is 4.90 Å². The zero-order valence-corrected chi connectivity index (χ0v) is 16.4. The van der Waals surface area contributed by atoms with Gasteiger partial charge in [0, 0.05) is 11.6 Å². The fraction of sp³-hybridized carbons (Fsp3) is 0.500. The minimum absolute atomic E-state index is 0.177. The van der Waals surface area contributed by atoms with Crippen molar-refractivity contribution in [2.24, 2.45) is 5.41 Å². The van der Waals surface area contributed by atoms with Gasteiger partial charge in [-0.2, -0.15) is 13.2 Å². The van der Waals surface area contributed by atoms with Crippen LogP contribution >= 0.6 is 23.2 Å². The molecule has 1 heterocycles. The molecule has 28 heavy (non-hydrogen) atoms. The highest BCUT2D eigenvalue weighted by Gasteiger charge is 2.70. The first-order chi connectivity index (χ1) is 12.8. The molecule has 154 valence electrons. The number of aliphatic carboxylic acids is 1. The van der Waals surface area contributed by atoms with Crippen LogP contribution in [0.5, 0.6) is 0 Å². The van der Waals surface area contributed by atoms with Crippen molar-refractivity contribution < 1.29 is 36.3 Å². The summed E-state index contributed by atoms with van der Waals surface area (Å²) >= 11 is 11.7. The Morgan fingerprint density at radius 1 is 1.21 bits per heavy atom. The zero-order valence-electron chi connectivity index (χ0n) is 14.0. The maximum atomic E-state index is 13.3. The van der Waals surface area contributed by atoms with Gasteiger partial charge in [-0.15, -0.1) is 0 Å². The molecule has 1 aliphatic heterocycles. The van der Waals surface area contributed by atoms with Crippen LogP contribution in [-0.4, -0.2) is 54.3 Å². The summed E-state index contributed by atoms with van der Waals surface area (Å²) in [5, 5.41) is 7.93. The second-order valence-corrected chi connectivity index (χ2v) is 9.91. The van der Waals surface area contributed by atoms with E-state index >= 15 is 0 Å². The van der Waals surface area contributed by atoms with Crippen LogP contribution in [0.1, 0.15) is 19.3 Å². The molecule has 6 nitrogen and oxygen atoms in total. The van der Waals surface area contributed by atoms with Crippen molar-refractivity contribution >= 4 is 44.9 Å². The SMILES string of the molecule is O=C(O)[C@@H]1C[C@@H](S(=O)(=O)c2ccc(Cl)cc2Cl)CN1C(=O)C1(C(F)(F)F)CC1. The van der Waals surface area contributed by atoms with E-state index in [9.17, 15) is 36.3 Å². The van der Waals surface area contributed by atoms with E-state index in [-0.39, 0.29) is 14.9 Å². The quantitative estimate of drug-likeness (QED) is 0.746. The zero-order chi connectivity index (χ0) is 21.1. The van der Waals surface area contributed by atoms with Gasteiger partial charge in [-0.3, -0.25) is 4.79 Å². The number of hydrogen-bond donors (Lipinski definition) is 1. The van der Waals surface area contributed by atoms with Crippen LogP contribution in [0.2, 0.25) is 10.0 Å². The highest BCUT2D eigenvalue weighted by atomic mass is 35.5. The van der Waals surface area contributed by atoms with Gasteiger partial charge in [0.05, 0.1) is 15.2 Å². The predicted octanol–water partition coefficient (Wildman–Crippen LogP) is 3.16. The summed E-state index contributed by atoms with van der Waals surface area (Å²) in [5.41, 5.74) is -2.63. The van der Waals surface area contributed by atoms with Crippen molar-refractivity contribution in [3.8, 4) is 0 Å². The van der Waals surface area contributed by atoms with Gasteiger partial charge in [-0.05, 0) is 37.5 Å². The lowest BCUT2D eigenvalue weighted by atomic mass is 10.0. The number of rotatable bonds is 4. The van der Waals surface area contributed by atoms with E-state index < -0.39 is 70.4 Å². The van der Waals surface area contributed by atoms with Crippen molar-refractivity contribution in [1.82, 2.24) is 4.90 Å². The van der Waals surface area contributed by atoms with Crippen molar-refractivity contribution in [2.75, 3.05) is 6.54 Å². The number of sulfone groups is 1. The maximum Gasteiger partial charge on any atom is 0.403 e.